The number of nitrogens with zero attached hydrogens (tertiary/aromatic N) is 6. The summed E-state index contributed by atoms with van der Waals surface area (Å²) in [7, 11) is 0. The van der Waals surface area contributed by atoms with E-state index in [1.54, 1.807) is 36.4 Å². The van der Waals surface area contributed by atoms with Crippen molar-refractivity contribution in [2.24, 2.45) is 0 Å². The number of para-hydroxylation sites is 7. The van der Waals surface area contributed by atoms with Gasteiger partial charge in [0.25, 0.3) is 0 Å². The number of fused-ring (bicyclic) bond motifs is 9. The fourth-order valence-corrected chi connectivity index (χ4v) is 16.7. The second-order valence-electron chi connectivity index (χ2n) is 39.2. The molecule has 6 heteroatoms. The Labute approximate surface area is 827 Å². The molecule has 0 spiro atoms. The van der Waals surface area contributed by atoms with Crippen LogP contribution in [0.4, 0.5) is 0 Å². The average molecular weight is 1790 g/mol. The van der Waals surface area contributed by atoms with E-state index >= 15 is 0 Å². The minimum absolute atomic E-state index is 0. The molecule has 3 heterocycles. The van der Waals surface area contributed by atoms with E-state index in [1.165, 1.54) is 127 Å². The first-order valence-electron chi connectivity index (χ1n) is 49.5. The fourth-order valence-electron chi connectivity index (χ4n) is 16.7. The molecule has 0 amide bonds. The Hall–Kier alpha value is -15.1. The molecule has 19 rings (SSSR count). The predicted molar refractivity (Wildman–Crippen MR) is 591 cm³/mol. The van der Waals surface area contributed by atoms with Gasteiger partial charge in [0, 0.05) is 54.9 Å². The second kappa shape index (κ2) is 44.2. The van der Waals surface area contributed by atoms with Crippen molar-refractivity contribution in [3.8, 4) is 92.1 Å². The molecule has 0 aliphatic rings. The molecule has 6 nitrogen and oxygen atoms in total. The van der Waals surface area contributed by atoms with E-state index in [9.17, 15) is 0 Å². The molecule has 0 atom stereocenters. The molecule has 0 aliphatic carbocycles. The molecule has 0 bridgehead atoms. The minimum atomic E-state index is -0.499. The molecule has 0 saturated carbocycles. The van der Waals surface area contributed by atoms with Crippen molar-refractivity contribution in [2.45, 2.75) is 194 Å². The van der Waals surface area contributed by atoms with E-state index in [0.29, 0.717) is 27.8 Å². The third-order valence-corrected chi connectivity index (χ3v) is 23.5. The van der Waals surface area contributed by atoms with Crippen LogP contribution >= 0.6 is 0 Å². The first kappa shape index (κ1) is 90.1. The van der Waals surface area contributed by atoms with E-state index in [2.05, 4.69) is 388 Å². The molecule has 136 heavy (non-hydrogen) atoms. The number of rotatable bonds is 7. The van der Waals surface area contributed by atoms with Gasteiger partial charge in [0.2, 0.25) is 0 Å². The van der Waals surface area contributed by atoms with Gasteiger partial charge in [0.15, 0.2) is 0 Å². The van der Waals surface area contributed by atoms with E-state index in [0.717, 1.165) is 22.3 Å². The highest BCUT2D eigenvalue weighted by Crippen LogP contribution is 2.43. The normalized spacial score (nSPS) is 12.2. The number of benzene rings is 16. The van der Waals surface area contributed by atoms with Gasteiger partial charge >= 0.3 is 0 Å². The summed E-state index contributed by atoms with van der Waals surface area (Å²) in [6.07, 6.45) is 5.33. The van der Waals surface area contributed by atoms with Gasteiger partial charge in [-0.15, -0.1) is 6.42 Å². The molecule has 3 aromatic heterocycles. The highest BCUT2D eigenvalue weighted by atomic mass is 15.0. The molecular formula is C130H138N6. The van der Waals surface area contributed by atoms with Gasteiger partial charge < -0.3 is 13.7 Å². The Kier molecular flexibility index (Phi) is 29.3. The molecule has 0 saturated heterocycles. The van der Waals surface area contributed by atoms with Gasteiger partial charge in [-0.05, 0) is 214 Å². The zero-order chi connectivity index (χ0) is 102. The number of hydrogen-bond acceptors (Lipinski definition) is 3. The number of hydrogen-bond donors (Lipinski definition) is 0. The van der Waals surface area contributed by atoms with Crippen molar-refractivity contribution in [1.29, 1.82) is 15.8 Å². The van der Waals surface area contributed by atoms with Gasteiger partial charge in [-0.3, -0.25) is 0 Å². The molecule has 0 radical (unpaired) electrons. The summed E-state index contributed by atoms with van der Waals surface area (Å²) in [6, 6.07) is 114. The van der Waals surface area contributed by atoms with Crippen molar-refractivity contribution >= 4 is 65.4 Å². The van der Waals surface area contributed by atoms with Crippen LogP contribution in [0, 0.1) is 46.3 Å². The lowest BCUT2D eigenvalue weighted by Gasteiger charge is -2.23. The quantitative estimate of drug-likeness (QED) is 0.149. The summed E-state index contributed by atoms with van der Waals surface area (Å²) in [5, 5.41) is 34.5. The Morgan fingerprint density at radius 1 is 0.243 bits per heavy atom. The molecule has 0 aliphatic heterocycles. The average Bonchev–Trinajstić information content (AvgIpc) is 1.62. The number of nitriles is 3. The van der Waals surface area contributed by atoms with E-state index in [-0.39, 0.29) is 99.5 Å². The first-order chi connectivity index (χ1) is 66.8. The zero-order valence-electron chi connectivity index (χ0n) is 88.4. The standard InChI is InChI=1S/C34H28N2.C22H21N.2C22H22.C13H13N.C12H12N2.5CH4/c1-34(2,3)23-20-24(35-30-16-8-4-12-26(30)27-13-5-9-17-31(27)35)22-25(21-23)36-32-18-10-6-14-28(32)29-15-7-11-19-33(29)36;1-22(2,3)19-14-9-13-18-17-12-7-8-15-20(17)23(21(18)19)16-10-5-4-6-11-16;2*1-22(2,3)21-15-19(17-10-6-4-7-11-17)14-20(16-21)18-12-8-5-9-13-18;1-5-10-6-11(9-14)8-12(7-10)13(2,3)4;1-12(2,3)11-9(7-13)5-4-6-10(11)8-14;;;;;/h4-22H,1-3H3;4-15H,1-3H3;2*4-16H,1-3H3;1,6-8H,2-4H3;4-6H,1-3H3;5*1H4/i;;4D,5D,6D,7D,8D,9D,10D,11D,12D,13D;;;;;;;;. The van der Waals surface area contributed by atoms with Crippen molar-refractivity contribution in [3.05, 3.63) is 438 Å². The predicted octanol–water partition coefficient (Wildman–Crippen LogP) is 36.6. The largest absolute Gasteiger partial charge is 0.309 e. The summed E-state index contributed by atoms with van der Waals surface area (Å²) in [6.45, 7) is 38.7. The lowest BCUT2D eigenvalue weighted by molar-refractivity contribution is 0.586. The summed E-state index contributed by atoms with van der Waals surface area (Å²) in [5.41, 5.74) is 25.9. The van der Waals surface area contributed by atoms with Gasteiger partial charge in [-0.25, -0.2) is 0 Å². The highest BCUT2D eigenvalue weighted by molar-refractivity contribution is 6.12. The van der Waals surface area contributed by atoms with E-state index in [4.69, 9.17) is 35.9 Å². The van der Waals surface area contributed by atoms with Crippen LogP contribution in [0.5, 0.6) is 0 Å². The van der Waals surface area contributed by atoms with Crippen LogP contribution in [-0.4, -0.2) is 13.7 Å². The van der Waals surface area contributed by atoms with Crippen LogP contribution < -0.4 is 0 Å². The highest BCUT2D eigenvalue weighted by Gasteiger charge is 2.27. The van der Waals surface area contributed by atoms with Crippen molar-refractivity contribution in [2.75, 3.05) is 0 Å². The third kappa shape index (κ3) is 23.8. The maximum absolute atomic E-state index is 8.94. The van der Waals surface area contributed by atoms with Crippen molar-refractivity contribution in [1.82, 2.24) is 13.7 Å². The molecule has 0 fully saturated rings. The monoisotopic (exact) mass is 1790 g/mol. The van der Waals surface area contributed by atoms with Crippen LogP contribution in [0.25, 0.3) is 127 Å². The van der Waals surface area contributed by atoms with Crippen molar-refractivity contribution in [3.63, 3.8) is 0 Å². The molecule has 0 unspecified atom stereocenters. The first-order valence-corrected chi connectivity index (χ1v) is 44.5. The van der Waals surface area contributed by atoms with Crippen molar-refractivity contribution < 1.29 is 13.7 Å². The summed E-state index contributed by atoms with van der Waals surface area (Å²) >= 11 is 0. The SMILES string of the molecule is C.C.C.C.C.C#Cc1cc(C#N)cc(C(C)(C)C)c1.CC(C)(C)c1c(C#N)cccc1C#N.CC(C)(C)c1cc(-c2ccccc2)cc(-c2ccccc2)c1.CC(C)(C)c1cc(-n2c3ccccc3c3ccccc32)cc(-n2c3ccccc3c3ccccc32)c1.CC(C)(C)c1cccc2c3ccccc3n(-c3ccccc3)c12.[2H]c1c([2H])c([2H])c(-c2cc(-c3c([2H])c([2H])c([2H])c([2H])c3[2H])cc(C(C)(C)C)c2)c([2H])c1[2H]. The topological polar surface area (TPSA) is 86.2 Å². The lowest BCUT2D eigenvalue weighted by Crippen LogP contribution is -2.15. The Morgan fingerprint density at radius 2 is 0.544 bits per heavy atom. The van der Waals surface area contributed by atoms with Gasteiger partial charge in [0.05, 0.1) is 81.7 Å². The maximum atomic E-state index is 8.94. The smallest absolute Gasteiger partial charge is 0.0995 e. The molecule has 19 aromatic rings. The van der Waals surface area contributed by atoms with Gasteiger partial charge in [0.1, 0.15) is 0 Å². The summed E-state index contributed by atoms with van der Waals surface area (Å²) in [4.78, 5) is 0. The Bertz CT molecular complexity index is 7630. The molecule has 688 valence electrons. The molecule has 16 aromatic carbocycles. The van der Waals surface area contributed by atoms with E-state index in [1.807, 2.05) is 53.7 Å². The van der Waals surface area contributed by atoms with Crippen LogP contribution in [0.3, 0.4) is 0 Å². The van der Waals surface area contributed by atoms with Crippen LogP contribution in [0.15, 0.2) is 382 Å². The van der Waals surface area contributed by atoms with E-state index < -0.39 is 41.7 Å². The Balaban J connectivity index is 0.000000200. The summed E-state index contributed by atoms with van der Waals surface area (Å²) < 4.78 is 88.2. The fraction of sp³-hybridized carbons (Fsp3) is 0.223. The maximum Gasteiger partial charge on any atom is 0.0995 e. The van der Waals surface area contributed by atoms with Gasteiger partial charge in [-0.1, -0.05) is 446 Å². The van der Waals surface area contributed by atoms with Gasteiger partial charge in [-0.2, -0.15) is 15.8 Å². The summed E-state index contributed by atoms with van der Waals surface area (Å²) in [5.74, 6) is 2.56. The second-order valence-corrected chi connectivity index (χ2v) is 39.2. The zero-order valence-corrected chi connectivity index (χ0v) is 78.4. The van der Waals surface area contributed by atoms with Crippen LogP contribution in [0.1, 0.15) is 231 Å². The van der Waals surface area contributed by atoms with Crippen LogP contribution in [0.2, 0.25) is 0 Å². The third-order valence-electron chi connectivity index (χ3n) is 23.5. The Morgan fingerprint density at radius 3 is 0.882 bits per heavy atom. The molecular weight excluding hydrogens is 1650 g/mol. The lowest BCUT2D eigenvalue weighted by atomic mass is 9.81. The molecule has 0 N–H and O–H groups in total. The van der Waals surface area contributed by atoms with Crippen LogP contribution in [-0.2, 0) is 32.5 Å². The number of terminal acetylenes is 1. The number of aromatic nitrogens is 3. The minimum Gasteiger partial charge on any atom is -0.309 e.